The molecule has 0 fully saturated rings. The van der Waals surface area contributed by atoms with Crippen molar-refractivity contribution in [3.05, 3.63) is 18.2 Å². The fourth-order valence-corrected chi connectivity index (χ4v) is 1.73. The molecule has 0 aromatic heterocycles. The van der Waals surface area contributed by atoms with E-state index in [1.165, 1.54) is 0 Å². The Labute approximate surface area is 115 Å². The molecule has 1 unspecified atom stereocenters. The second-order valence-electron chi connectivity index (χ2n) is 3.80. The van der Waals surface area contributed by atoms with Gasteiger partial charge in [0.1, 0.15) is 22.3 Å². The van der Waals surface area contributed by atoms with Gasteiger partial charge in [-0.3, -0.25) is 9.59 Å². The number of carbonyl (C=O) groups is 2. The molecular formula is C10H13N3O6S. The summed E-state index contributed by atoms with van der Waals surface area (Å²) in [5.41, 5.74) is 4.69. The summed E-state index contributed by atoms with van der Waals surface area (Å²) >= 11 is 0. The quantitative estimate of drug-likeness (QED) is 0.408. The fourth-order valence-electron chi connectivity index (χ4n) is 1.21. The zero-order valence-electron chi connectivity index (χ0n) is 10.3. The van der Waals surface area contributed by atoms with Gasteiger partial charge in [0.05, 0.1) is 4.90 Å². The normalized spacial score (nSPS) is 14.2. The van der Waals surface area contributed by atoms with Gasteiger partial charge in [0.15, 0.2) is 5.78 Å². The van der Waals surface area contributed by atoms with Gasteiger partial charge in [-0.15, -0.1) is 0 Å². The van der Waals surface area contributed by atoms with Gasteiger partial charge in [-0.25, -0.2) is 0 Å². The van der Waals surface area contributed by atoms with Crippen molar-refractivity contribution in [1.82, 2.24) is 0 Å². The number of nitrogens with zero attached hydrogens (tertiary/aromatic N) is 2. The number of benzene rings is 1. The van der Waals surface area contributed by atoms with E-state index in [2.05, 4.69) is 10.2 Å². The number of azo groups is 1. The monoisotopic (exact) mass is 303 g/mol. The van der Waals surface area contributed by atoms with E-state index in [0.29, 0.717) is 0 Å². The van der Waals surface area contributed by atoms with Gasteiger partial charge < -0.3 is 24.5 Å². The Morgan fingerprint density at radius 1 is 1.30 bits per heavy atom. The summed E-state index contributed by atoms with van der Waals surface area (Å²) in [5, 5.41) is 16.3. The SMILES string of the molecule is CC(=O)C(N=Nc1cc(S(O)(O)O)ccc1O)C(N)=O. The predicted molar refractivity (Wildman–Crippen MR) is 70.0 cm³/mol. The van der Waals surface area contributed by atoms with Crippen LogP contribution in [0.15, 0.2) is 33.3 Å². The molecule has 0 radical (unpaired) electrons. The van der Waals surface area contributed by atoms with Gasteiger partial charge in [-0.05, 0) is 25.1 Å². The standard InChI is InChI=1S/C10H13N3O6S/c1-5(14)9(10(11)16)13-12-7-4-6(20(17,18)19)2-3-8(7)15/h2-4,9,15,17-19H,1H3,(H2,11,16). The van der Waals surface area contributed by atoms with Gasteiger partial charge >= 0.3 is 0 Å². The molecule has 110 valence electrons. The van der Waals surface area contributed by atoms with Crippen LogP contribution in [0.3, 0.4) is 0 Å². The Morgan fingerprint density at radius 2 is 1.90 bits per heavy atom. The number of phenolic OH excluding ortho intramolecular Hbond substituents is 1. The van der Waals surface area contributed by atoms with Gasteiger partial charge in [0.25, 0.3) is 5.91 Å². The zero-order valence-corrected chi connectivity index (χ0v) is 11.1. The lowest BCUT2D eigenvalue weighted by atomic mass is 10.2. The third-order valence-electron chi connectivity index (χ3n) is 2.20. The molecule has 9 nitrogen and oxygen atoms in total. The van der Waals surface area contributed by atoms with Gasteiger partial charge in [0.2, 0.25) is 6.04 Å². The summed E-state index contributed by atoms with van der Waals surface area (Å²) in [6.45, 7) is 1.09. The Kier molecular flexibility index (Phi) is 4.78. The molecule has 0 saturated heterocycles. The summed E-state index contributed by atoms with van der Waals surface area (Å²) in [4.78, 5) is 21.7. The van der Waals surface area contributed by atoms with Crippen molar-refractivity contribution in [3.63, 3.8) is 0 Å². The van der Waals surface area contributed by atoms with Crippen LogP contribution in [0, 0.1) is 0 Å². The number of ketones is 1. The lowest BCUT2D eigenvalue weighted by Crippen LogP contribution is -2.32. The summed E-state index contributed by atoms with van der Waals surface area (Å²) in [6.07, 6.45) is 0. The smallest absolute Gasteiger partial charge is 0.251 e. The average Bonchev–Trinajstić information content (AvgIpc) is 2.29. The third kappa shape index (κ3) is 3.99. The van der Waals surface area contributed by atoms with Crippen molar-refractivity contribution < 1.29 is 28.4 Å². The van der Waals surface area contributed by atoms with Crippen molar-refractivity contribution in [2.45, 2.75) is 17.9 Å². The number of rotatable bonds is 5. The lowest BCUT2D eigenvalue weighted by molar-refractivity contribution is -0.127. The second kappa shape index (κ2) is 5.96. The minimum absolute atomic E-state index is 0.260. The van der Waals surface area contributed by atoms with Crippen LogP contribution in [0.25, 0.3) is 0 Å². The molecule has 10 heteroatoms. The van der Waals surface area contributed by atoms with E-state index < -0.39 is 34.4 Å². The minimum Gasteiger partial charge on any atom is -0.506 e. The maximum atomic E-state index is 11.1. The summed E-state index contributed by atoms with van der Waals surface area (Å²) in [7, 11) is -3.98. The van der Waals surface area contributed by atoms with Gasteiger partial charge in [-0.1, -0.05) is 0 Å². The first-order valence-electron chi connectivity index (χ1n) is 5.17. The molecule has 0 aliphatic heterocycles. The highest BCUT2D eigenvalue weighted by molar-refractivity contribution is 8.19. The van der Waals surface area contributed by atoms with Crippen LogP contribution in [0.5, 0.6) is 5.75 Å². The number of Topliss-reactive ketones (excluding diaryl/α,β-unsaturated/α-hetero) is 1. The Balaban J connectivity index is 3.14. The van der Waals surface area contributed by atoms with Crippen LogP contribution < -0.4 is 5.73 Å². The molecular weight excluding hydrogens is 290 g/mol. The highest BCUT2D eigenvalue weighted by atomic mass is 32.3. The Morgan fingerprint density at radius 3 is 2.35 bits per heavy atom. The molecule has 20 heavy (non-hydrogen) atoms. The number of hydrogen-bond acceptors (Lipinski definition) is 8. The van der Waals surface area contributed by atoms with Crippen LogP contribution in [-0.4, -0.2) is 36.5 Å². The first-order valence-corrected chi connectivity index (χ1v) is 6.67. The first-order chi connectivity index (χ1) is 9.12. The molecule has 0 bridgehead atoms. The molecule has 1 rings (SSSR count). The van der Waals surface area contributed by atoms with E-state index in [0.717, 1.165) is 25.1 Å². The highest BCUT2D eigenvalue weighted by Gasteiger charge is 2.21. The maximum absolute atomic E-state index is 11.1. The van der Waals surface area contributed by atoms with Crippen molar-refractivity contribution in [3.8, 4) is 5.75 Å². The minimum atomic E-state index is -3.98. The molecule has 1 amide bonds. The van der Waals surface area contributed by atoms with Crippen LogP contribution in [-0.2, 0) is 9.59 Å². The molecule has 1 aromatic rings. The van der Waals surface area contributed by atoms with E-state index in [1.807, 2.05) is 0 Å². The van der Waals surface area contributed by atoms with Crippen molar-refractivity contribution in [1.29, 1.82) is 0 Å². The zero-order chi connectivity index (χ0) is 15.5. The van der Waals surface area contributed by atoms with Gasteiger partial charge in [0, 0.05) is 0 Å². The molecule has 0 spiro atoms. The largest absolute Gasteiger partial charge is 0.506 e. The molecule has 0 aliphatic rings. The number of hydrogen-bond donors (Lipinski definition) is 5. The van der Waals surface area contributed by atoms with E-state index in [-0.39, 0.29) is 10.6 Å². The molecule has 0 saturated carbocycles. The third-order valence-corrected chi connectivity index (χ3v) is 3.09. The summed E-state index contributed by atoms with van der Waals surface area (Å²) in [5.74, 6) is -2.04. The topological polar surface area (TPSA) is 166 Å². The van der Waals surface area contributed by atoms with Crippen LogP contribution in [0.2, 0.25) is 0 Å². The van der Waals surface area contributed by atoms with Crippen LogP contribution in [0.1, 0.15) is 6.92 Å². The first kappa shape index (κ1) is 16.0. The average molecular weight is 303 g/mol. The predicted octanol–water partition coefficient (Wildman–Crippen LogP) is 1.50. The fraction of sp³-hybridized carbons (Fsp3) is 0.200. The number of aromatic hydroxyl groups is 1. The number of carbonyl (C=O) groups excluding carboxylic acids is 2. The summed E-state index contributed by atoms with van der Waals surface area (Å²) < 4.78 is 27.2. The number of nitrogens with two attached hydrogens (primary N) is 1. The number of phenols is 1. The van der Waals surface area contributed by atoms with E-state index >= 15 is 0 Å². The molecule has 0 aliphatic carbocycles. The van der Waals surface area contributed by atoms with E-state index in [1.54, 1.807) is 0 Å². The van der Waals surface area contributed by atoms with Crippen LogP contribution >= 0.6 is 10.9 Å². The van der Waals surface area contributed by atoms with E-state index in [9.17, 15) is 14.7 Å². The molecule has 0 heterocycles. The lowest BCUT2D eigenvalue weighted by Gasteiger charge is -2.19. The van der Waals surface area contributed by atoms with Gasteiger partial charge in [-0.2, -0.15) is 10.2 Å². The van der Waals surface area contributed by atoms with E-state index in [4.69, 9.17) is 19.4 Å². The highest BCUT2D eigenvalue weighted by Crippen LogP contribution is 2.46. The van der Waals surface area contributed by atoms with Crippen LogP contribution in [0.4, 0.5) is 5.69 Å². The number of amides is 1. The number of primary amides is 1. The van der Waals surface area contributed by atoms with Crippen molar-refractivity contribution >= 4 is 28.2 Å². The maximum Gasteiger partial charge on any atom is 0.251 e. The second-order valence-corrected chi connectivity index (χ2v) is 5.31. The Bertz CT molecular complexity index is 555. The summed E-state index contributed by atoms with van der Waals surface area (Å²) in [6, 6.07) is 1.56. The van der Waals surface area contributed by atoms with Crippen molar-refractivity contribution in [2.75, 3.05) is 0 Å². The molecule has 1 atom stereocenters. The molecule has 6 N–H and O–H groups in total. The molecule has 1 aromatic carbocycles. The van der Waals surface area contributed by atoms with Crippen molar-refractivity contribution in [2.24, 2.45) is 16.0 Å². The Hall–Kier alpha value is -2.01.